The van der Waals surface area contributed by atoms with Crippen molar-refractivity contribution in [3.05, 3.63) is 25.2 Å². The Kier molecular flexibility index (Phi) is 2.62. The van der Waals surface area contributed by atoms with Crippen LogP contribution in [0.5, 0.6) is 0 Å². The van der Waals surface area contributed by atoms with E-state index in [2.05, 4.69) is 24.9 Å². The second kappa shape index (κ2) is 3.02. The van der Waals surface area contributed by atoms with Crippen LogP contribution in [0.1, 0.15) is 0 Å². The van der Waals surface area contributed by atoms with E-state index in [0.29, 0.717) is 5.82 Å². The largest absolute Gasteiger partial charge is 0.337 e. The van der Waals surface area contributed by atoms with Gasteiger partial charge in [0.1, 0.15) is 5.82 Å². The van der Waals surface area contributed by atoms with Gasteiger partial charge in [0, 0.05) is 7.05 Å². The van der Waals surface area contributed by atoms with E-state index in [1.54, 1.807) is 11.1 Å². The molecule has 0 unspecified atom stereocenters. The fraction of sp³-hybridized carbons (Fsp3) is 0.167. The van der Waals surface area contributed by atoms with E-state index in [1.165, 1.54) is 0 Å². The molecule has 0 heterocycles. The van der Waals surface area contributed by atoms with Gasteiger partial charge in [-0.2, -0.15) is 0 Å². The molecule has 0 aliphatic rings. The molecule has 8 heavy (non-hydrogen) atoms. The minimum absolute atomic E-state index is 0.611. The maximum Gasteiger partial charge on any atom is 0.124 e. The SMILES string of the molecule is C=CN(C)C(=C)N=C. The van der Waals surface area contributed by atoms with Gasteiger partial charge in [-0.25, -0.2) is 4.99 Å². The summed E-state index contributed by atoms with van der Waals surface area (Å²) < 4.78 is 0. The molecule has 0 aromatic rings. The first-order chi connectivity index (χ1) is 3.72. The van der Waals surface area contributed by atoms with E-state index < -0.39 is 0 Å². The molecule has 0 rings (SSSR count). The zero-order valence-electron chi connectivity index (χ0n) is 5.09. The minimum Gasteiger partial charge on any atom is -0.337 e. The molecule has 0 aromatic heterocycles. The van der Waals surface area contributed by atoms with Gasteiger partial charge < -0.3 is 4.90 Å². The normalized spacial score (nSPS) is 7.62. The molecule has 0 atom stereocenters. The standard InChI is InChI=1S/C6H10N2/c1-5-8(4)6(2)7-3/h5H,1-3H2,4H3. The van der Waals surface area contributed by atoms with Gasteiger partial charge in [0.2, 0.25) is 0 Å². The summed E-state index contributed by atoms with van der Waals surface area (Å²) in [6.07, 6.45) is 1.62. The number of hydrogen-bond donors (Lipinski definition) is 0. The molecule has 44 valence electrons. The second-order valence-electron chi connectivity index (χ2n) is 1.37. The Morgan fingerprint density at radius 1 is 1.75 bits per heavy atom. The Hall–Kier alpha value is -1.05. The van der Waals surface area contributed by atoms with Crippen LogP contribution >= 0.6 is 0 Å². The van der Waals surface area contributed by atoms with E-state index >= 15 is 0 Å². The van der Waals surface area contributed by atoms with Gasteiger partial charge in [0.25, 0.3) is 0 Å². The highest BCUT2D eigenvalue weighted by Gasteiger charge is 1.88. The molecule has 0 aliphatic heterocycles. The summed E-state index contributed by atoms with van der Waals surface area (Å²) in [6, 6.07) is 0. The monoisotopic (exact) mass is 110 g/mol. The molecule has 0 fully saturated rings. The quantitative estimate of drug-likeness (QED) is 0.499. The topological polar surface area (TPSA) is 15.6 Å². The Bertz CT molecular complexity index is 116. The summed E-state index contributed by atoms with van der Waals surface area (Å²) in [7, 11) is 1.81. The van der Waals surface area contributed by atoms with Crippen LogP contribution in [0.15, 0.2) is 30.2 Å². The third-order valence-electron chi connectivity index (χ3n) is 0.864. The van der Waals surface area contributed by atoms with E-state index in [4.69, 9.17) is 0 Å². The molecular formula is C6H10N2. The Balaban J connectivity index is 3.80. The molecule has 0 radical (unpaired) electrons. The maximum absolute atomic E-state index is 3.57. The van der Waals surface area contributed by atoms with Gasteiger partial charge in [0.05, 0.1) is 0 Å². The van der Waals surface area contributed by atoms with Gasteiger partial charge in [-0.05, 0) is 12.9 Å². The van der Waals surface area contributed by atoms with Crippen LogP contribution in [-0.4, -0.2) is 18.7 Å². The van der Waals surface area contributed by atoms with Gasteiger partial charge in [0.15, 0.2) is 0 Å². The first kappa shape index (κ1) is 6.95. The summed E-state index contributed by atoms with van der Waals surface area (Å²) in [5.74, 6) is 0.611. The van der Waals surface area contributed by atoms with Crippen molar-refractivity contribution in [1.29, 1.82) is 0 Å². The van der Waals surface area contributed by atoms with Crippen LogP contribution in [0, 0.1) is 0 Å². The summed E-state index contributed by atoms with van der Waals surface area (Å²) in [6.45, 7) is 10.4. The van der Waals surface area contributed by atoms with Gasteiger partial charge in [-0.15, -0.1) is 0 Å². The summed E-state index contributed by atoms with van der Waals surface area (Å²) in [4.78, 5) is 5.26. The van der Waals surface area contributed by atoms with Crippen LogP contribution < -0.4 is 0 Å². The molecule has 0 saturated heterocycles. The van der Waals surface area contributed by atoms with E-state index in [9.17, 15) is 0 Å². The lowest BCUT2D eigenvalue weighted by atomic mass is 10.7. The van der Waals surface area contributed by atoms with Crippen molar-refractivity contribution in [3.63, 3.8) is 0 Å². The molecule has 0 saturated carbocycles. The van der Waals surface area contributed by atoms with Crippen LogP contribution in [0.4, 0.5) is 0 Å². The van der Waals surface area contributed by atoms with Gasteiger partial charge in [-0.3, -0.25) is 0 Å². The maximum atomic E-state index is 3.57. The van der Waals surface area contributed by atoms with Crippen molar-refractivity contribution in [3.8, 4) is 0 Å². The third kappa shape index (κ3) is 1.60. The Morgan fingerprint density at radius 3 is 2.38 bits per heavy atom. The highest BCUT2D eigenvalue weighted by atomic mass is 15.2. The highest BCUT2D eigenvalue weighted by molar-refractivity contribution is 5.27. The van der Waals surface area contributed by atoms with Crippen molar-refractivity contribution in [2.45, 2.75) is 0 Å². The van der Waals surface area contributed by atoms with Crippen molar-refractivity contribution in [2.75, 3.05) is 7.05 Å². The lowest BCUT2D eigenvalue weighted by molar-refractivity contribution is 0.568. The van der Waals surface area contributed by atoms with Crippen molar-refractivity contribution in [1.82, 2.24) is 4.90 Å². The molecule has 0 aromatic carbocycles. The zero-order valence-corrected chi connectivity index (χ0v) is 5.09. The van der Waals surface area contributed by atoms with E-state index in [-0.39, 0.29) is 0 Å². The summed E-state index contributed by atoms with van der Waals surface area (Å²) in [5, 5.41) is 0. The predicted molar refractivity (Wildman–Crippen MR) is 36.6 cm³/mol. The van der Waals surface area contributed by atoms with Gasteiger partial charge >= 0.3 is 0 Å². The van der Waals surface area contributed by atoms with Crippen LogP contribution in [0.2, 0.25) is 0 Å². The minimum atomic E-state index is 0.611. The molecule has 0 aliphatic carbocycles. The molecular weight excluding hydrogens is 100 g/mol. The summed E-state index contributed by atoms with van der Waals surface area (Å²) in [5.41, 5.74) is 0. The zero-order chi connectivity index (χ0) is 6.57. The van der Waals surface area contributed by atoms with Crippen LogP contribution in [0.3, 0.4) is 0 Å². The average molecular weight is 110 g/mol. The van der Waals surface area contributed by atoms with Crippen molar-refractivity contribution in [2.24, 2.45) is 4.99 Å². The first-order valence-corrected chi connectivity index (χ1v) is 2.23. The van der Waals surface area contributed by atoms with E-state index in [1.807, 2.05) is 7.05 Å². The third-order valence-corrected chi connectivity index (χ3v) is 0.864. The Labute approximate surface area is 49.8 Å². The van der Waals surface area contributed by atoms with Crippen LogP contribution in [0.25, 0.3) is 0 Å². The van der Waals surface area contributed by atoms with Crippen molar-refractivity contribution < 1.29 is 0 Å². The molecule has 2 nitrogen and oxygen atoms in total. The molecule has 0 N–H and O–H groups in total. The number of nitrogens with zero attached hydrogens (tertiary/aromatic N) is 2. The number of hydrogen-bond acceptors (Lipinski definition) is 2. The molecule has 0 bridgehead atoms. The smallest absolute Gasteiger partial charge is 0.124 e. The average Bonchev–Trinajstić information content (AvgIpc) is 1.84. The fourth-order valence-corrected chi connectivity index (χ4v) is 0.217. The number of rotatable bonds is 3. The molecule has 0 spiro atoms. The lowest BCUT2D eigenvalue weighted by Gasteiger charge is -2.09. The molecule has 2 heteroatoms. The van der Waals surface area contributed by atoms with E-state index in [0.717, 1.165) is 0 Å². The van der Waals surface area contributed by atoms with Crippen LogP contribution in [-0.2, 0) is 0 Å². The highest BCUT2D eigenvalue weighted by Crippen LogP contribution is 1.96. The van der Waals surface area contributed by atoms with Crippen molar-refractivity contribution >= 4 is 6.72 Å². The second-order valence-corrected chi connectivity index (χ2v) is 1.37. The fourth-order valence-electron chi connectivity index (χ4n) is 0.217. The first-order valence-electron chi connectivity index (χ1n) is 2.23. The number of aliphatic imine (C=N–C) groups is 1. The molecule has 0 amide bonds. The van der Waals surface area contributed by atoms with Gasteiger partial charge in [-0.1, -0.05) is 13.2 Å². The predicted octanol–water partition coefficient (Wildman–Crippen LogP) is 1.23. The summed E-state index contributed by atoms with van der Waals surface area (Å²) >= 11 is 0. The Morgan fingerprint density at radius 2 is 2.25 bits per heavy atom. The lowest BCUT2D eigenvalue weighted by Crippen LogP contribution is -2.05.